The van der Waals surface area contributed by atoms with Gasteiger partial charge in [0.15, 0.2) is 0 Å². The largest absolute Gasteiger partial charge is 0.375 e. The quantitative estimate of drug-likeness (QED) is 0.762. The fraction of sp³-hybridized carbons (Fsp3) is 0.500. The van der Waals surface area contributed by atoms with Gasteiger partial charge >= 0.3 is 0 Å². The van der Waals surface area contributed by atoms with Gasteiger partial charge < -0.3 is 10.1 Å². The first kappa shape index (κ1) is 14.6. The summed E-state index contributed by atoms with van der Waals surface area (Å²) in [5.74, 6) is 0. The van der Waals surface area contributed by atoms with Crippen molar-refractivity contribution in [2.45, 2.75) is 45.4 Å². The van der Waals surface area contributed by atoms with Crippen LogP contribution in [0.5, 0.6) is 0 Å². The van der Waals surface area contributed by atoms with Crippen LogP contribution in [0.3, 0.4) is 0 Å². The van der Waals surface area contributed by atoms with Gasteiger partial charge in [-0.3, -0.25) is 4.98 Å². The van der Waals surface area contributed by atoms with Crippen molar-refractivity contribution >= 4 is 11.3 Å². The lowest BCUT2D eigenvalue weighted by molar-refractivity contribution is 0.121. The van der Waals surface area contributed by atoms with Crippen LogP contribution >= 0.6 is 11.3 Å². The maximum Gasteiger partial charge on any atom is 0.0888 e. The van der Waals surface area contributed by atoms with Crippen LogP contribution in [0, 0.1) is 6.92 Å². The highest BCUT2D eigenvalue weighted by molar-refractivity contribution is 7.09. The number of pyridine rings is 1. The van der Waals surface area contributed by atoms with Crippen molar-refractivity contribution in [1.29, 1.82) is 0 Å². The Labute approximate surface area is 129 Å². The van der Waals surface area contributed by atoms with E-state index in [4.69, 9.17) is 4.74 Å². The average molecular weight is 303 g/mol. The Morgan fingerprint density at radius 1 is 1.33 bits per heavy atom. The molecule has 1 aliphatic rings. The molecule has 1 fully saturated rings. The van der Waals surface area contributed by atoms with Gasteiger partial charge in [-0.15, -0.1) is 11.3 Å². The number of aryl methyl sites for hydroxylation is 1. The molecule has 2 aromatic heterocycles. The van der Waals surface area contributed by atoms with Crippen LogP contribution in [-0.2, 0) is 24.3 Å². The molecule has 0 bridgehead atoms. The lowest BCUT2D eigenvalue weighted by Crippen LogP contribution is -2.16. The van der Waals surface area contributed by atoms with Crippen molar-refractivity contribution in [2.24, 2.45) is 0 Å². The van der Waals surface area contributed by atoms with Crippen molar-refractivity contribution < 1.29 is 4.74 Å². The second-order valence-corrected chi connectivity index (χ2v) is 6.38. The molecular weight excluding hydrogens is 282 g/mol. The Hall–Kier alpha value is -1.30. The van der Waals surface area contributed by atoms with Gasteiger partial charge in [0.25, 0.3) is 0 Å². The van der Waals surface area contributed by atoms with Gasteiger partial charge in [0.2, 0.25) is 0 Å². The van der Waals surface area contributed by atoms with E-state index < -0.39 is 0 Å². The van der Waals surface area contributed by atoms with E-state index in [1.165, 1.54) is 17.7 Å². The van der Waals surface area contributed by atoms with Gasteiger partial charge in [-0.05, 0) is 31.9 Å². The first-order valence-electron chi connectivity index (χ1n) is 7.46. The highest BCUT2D eigenvalue weighted by atomic mass is 32.1. The number of nitrogens with zero attached hydrogens (tertiary/aromatic N) is 2. The number of aromatic nitrogens is 2. The molecule has 2 aromatic rings. The minimum Gasteiger partial charge on any atom is -0.375 e. The smallest absolute Gasteiger partial charge is 0.0888 e. The second kappa shape index (κ2) is 7.11. The predicted octanol–water partition coefficient (Wildman–Crippen LogP) is 2.86. The van der Waals surface area contributed by atoms with E-state index in [2.05, 4.69) is 27.4 Å². The molecule has 0 aromatic carbocycles. The van der Waals surface area contributed by atoms with Crippen molar-refractivity contribution in [2.75, 3.05) is 6.61 Å². The molecule has 0 saturated heterocycles. The number of hydrogen-bond acceptors (Lipinski definition) is 5. The molecule has 0 radical (unpaired) electrons. The molecule has 112 valence electrons. The standard InChI is InChI=1S/C16H21N3OS/c1-12-16(21-11-18-12)7-8-20-10-15-4-2-3-14(19-15)9-17-13-5-6-13/h2-4,11,13,17H,5-10H2,1H3. The fourth-order valence-corrected chi connectivity index (χ4v) is 2.91. The highest BCUT2D eigenvalue weighted by Crippen LogP contribution is 2.19. The Morgan fingerprint density at radius 3 is 2.95 bits per heavy atom. The SMILES string of the molecule is Cc1ncsc1CCOCc1cccc(CNC2CC2)n1. The summed E-state index contributed by atoms with van der Waals surface area (Å²) < 4.78 is 5.74. The molecule has 0 unspecified atom stereocenters. The van der Waals surface area contributed by atoms with Crippen LogP contribution in [-0.4, -0.2) is 22.6 Å². The van der Waals surface area contributed by atoms with Crippen LogP contribution in [0.25, 0.3) is 0 Å². The summed E-state index contributed by atoms with van der Waals surface area (Å²) in [6, 6.07) is 6.87. The van der Waals surface area contributed by atoms with Gasteiger partial charge in [0.1, 0.15) is 0 Å². The number of rotatable bonds is 8. The summed E-state index contributed by atoms with van der Waals surface area (Å²) >= 11 is 1.70. The van der Waals surface area contributed by atoms with Crippen LogP contribution in [0.1, 0.15) is 34.8 Å². The first-order valence-corrected chi connectivity index (χ1v) is 8.34. The van der Waals surface area contributed by atoms with E-state index >= 15 is 0 Å². The molecule has 0 spiro atoms. The maximum absolute atomic E-state index is 5.74. The maximum atomic E-state index is 5.74. The number of thiazole rings is 1. The monoisotopic (exact) mass is 303 g/mol. The molecular formula is C16H21N3OS. The molecule has 1 aliphatic carbocycles. The van der Waals surface area contributed by atoms with E-state index in [1.807, 2.05) is 18.5 Å². The van der Waals surface area contributed by atoms with Crippen LogP contribution in [0.2, 0.25) is 0 Å². The molecule has 0 aliphatic heterocycles. The van der Waals surface area contributed by atoms with E-state index in [0.29, 0.717) is 12.6 Å². The molecule has 21 heavy (non-hydrogen) atoms. The number of ether oxygens (including phenoxy) is 1. The summed E-state index contributed by atoms with van der Waals surface area (Å²) in [6.07, 6.45) is 3.54. The normalized spacial score (nSPS) is 14.5. The van der Waals surface area contributed by atoms with Crippen LogP contribution in [0.4, 0.5) is 0 Å². The summed E-state index contributed by atoms with van der Waals surface area (Å²) in [7, 11) is 0. The van der Waals surface area contributed by atoms with Gasteiger partial charge in [-0.25, -0.2) is 4.98 Å². The predicted molar refractivity (Wildman–Crippen MR) is 84.3 cm³/mol. The molecule has 5 heteroatoms. The first-order chi connectivity index (χ1) is 10.3. The van der Waals surface area contributed by atoms with Crippen LogP contribution < -0.4 is 5.32 Å². The van der Waals surface area contributed by atoms with E-state index in [-0.39, 0.29) is 0 Å². The zero-order chi connectivity index (χ0) is 14.5. The lowest BCUT2D eigenvalue weighted by atomic mass is 10.3. The number of nitrogens with one attached hydrogen (secondary N) is 1. The summed E-state index contributed by atoms with van der Waals surface area (Å²) in [4.78, 5) is 10.2. The minimum atomic E-state index is 0.578. The van der Waals surface area contributed by atoms with Gasteiger partial charge in [-0.2, -0.15) is 0 Å². The third kappa shape index (κ3) is 4.59. The van der Waals surface area contributed by atoms with E-state index in [9.17, 15) is 0 Å². The molecule has 0 atom stereocenters. The number of hydrogen-bond donors (Lipinski definition) is 1. The molecule has 0 amide bonds. The third-order valence-electron chi connectivity index (χ3n) is 3.58. The Morgan fingerprint density at radius 2 is 2.19 bits per heavy atom. The van der Waals surface area contributed by atoms with E-state index in [0.717, 1.165) is 36.7 Å². The zero-order valence-corrected chi connectivity index (χ0v) is 13.2. The van der Waals surface area contributed by atoms with Gasteiger partial charge in [0.05, 0.1) is 35.8 Å². The minimum absolute atomic E-state index is 0.578. The summed E-state index contributed by atoms with van der Waals surface area (Å²) in [6.45, 7) is 4.20. The molecule has 1 saturated carbocycles. The van der Waals surface area contributed by atoms with Gasteiger partial charge in [-0.1, -0.05) is 6.07 Å². The van der Waals surface area contributed by atoms with Gasteiger partial charge in [0, 0.05) is 23.9 Å². The second-order valence-electron chi connectivity index (χ2n) is 5.44. The molecule has 4 nitrogen and oxygen atoms in total. The molecule has 3 rings (SSSR count). The summed E-state index contributed by atoms with van der Waals surface area (Å²) in [5, 5.41) is 3.48. The van der Waals surface area contributed by atoms with Crippen LogP contribution in [0.15, 0.2) is 23.7 Å². The molecule has 2 heterocycles. The van der Waals surface area contributed by atoms with Crippen molar-refractivity contribution in [3.8, 4) is 0 Å². The fourth-order valence-electron chi connectivity index (χ4n) is 2.15. The topological polar surface area (TPSA) is 47.0 Å². The Kier molecular flexibility index (Phi) is 4.95. The highest BCUT2D eigenvalue weighted by Gasteiger charge is 2.20. The Balaban J connectivity index is 1.41. The summed E-state index contributed by atoms with van der Waals surface area (Å²) in [5.41, 5.74) is 5.12. The molecule has 1 N–H and O–H groups in total. The van der Waals surface area contributed by atoms with Crippen molar-refractivity contribution in [1.82, 2.24) is 15.3 Å². The lowest BCUT2D eigenvalue weighted by Gasteiger charge is -2.06. The average Bonchev–Trinajstić information content (AvgIpc) is 3.24. The van der Waals surface area contributed by atoms with Crippen molar-refractivity contribution in [3.63, 3.8) is 0 Å². The third-order valence-corrected chi connectivity index (χ3v) is 4.58. The zero-order valence-electron chi connectivity index (χ0n) is 12.3. The van der Waals surface area contributed by atoms with E-state index in [1.54, 1.807) is 11.3 Å². The van der Waals surface area contributed by atoms with Crippen molar-refractivity contribution in [3.05, 3.63) is 45.7 Å². The Bertz CT molecular complexity index is 580.